The minimum atomic E-state index is -0.605. The van der Waals surface area contributed by atoms with Crippen molar-refractivity contribution in [1.82, 2.24) is 14.9 Å². The molecule has 1 aliphatic rings. The van der Waals surface area contributed by atoms with E-state index in [0.29, 0.717) is 11.4 Å². The lowest BCUT2D eigenvalue weighted by Crippen LogP contribution is -2.35. The molecular formula is C22H26N4O3. The molecule has 29 heavy (non-hydrogen) atoms. The molecule has 1 atom stereocenters. The second-order valence-electron chi connectivity index (χ2n) is 7.37. The zero-order valence-corrected chi connectivity index (χ0v) is 16.8. The van der Waals surface area contributed by atoms with Gasteiger partial charge in [0.1, 0.15) is 11.6 Å². The number of morpholine rings is 1. The number of carbonyl (C=O) groups excluding carboxylic acids is 1. The lowest BCUT2D eigenvalue weighted by Gasteiger charge is -2.25. The molecule has 2 N–H and O–H groups in total. The van der Waals surface area contributed by atoms with E-state index in [-0.39, 0.29) is 5.91 Å². The summed E-state index contributed by atoms with van der Waals surface area (Å²) in [5, 5.41) is 2.92. The standard InChI is InChI=1S/C22H26N4O3/c1-15-4-3-5-18(12-15)29-16(2)22(27)23-17-6-7-19-20(13-17)25-21(24-19)14-26-8-10-28-11-9-26/h3-7,12-13,16H,8-11,14H2,1-2H3,(H,23,27)(H,24,25). The Morgan fingerprint density at radius 3 is 2.90 bits per heavy atom. The van der Waals surface area contributed by atoms with Crippen LogP contribution < -0.4 is 10.1 Å². The van der Waals surface area contributed by atoms with Gasteiger partial charge in [0.25, 0.3) is 5.91 Å². The summed E-state index contributed by atoms with van der Waals surface area (Å²) in [5.74, 6) is 1.41. The average Bonchev–Trinajstić information content (AvgIpc) is 3.10. The summed E-state index contributed by atoms with van der Waals surface area (Å²) in [6.07, 6.45) is -0.605. The first kappa shape index (κ1) is 19.4. The van der Waals surface area contributed by atoms with Crippen LogP contribution in [0.2, 0.25) is 0 Å². The van der Waals surface area contributed by atoms with Crippen molar-refractivity contribution in [3.8, 4) is 5.75 Å². The van der Waals surface area contributed by atoms with Gasteiger partial charge in [-0.15, -0.1) is 0 Å². The van der Waals surface area contributed by atoms with E-state index in [1.54, 1.807) is 6.92 Å². The molecule has 4 rings (SSSR count). The Labute approximate surface area is 170 Å². The van der Waals surface area contributed by atoms with E-state index < -0.39 is 6.10 Å². The maximum atomic E-state index is 12.5. The molecule has 152 valence electrons. The van der Waals surface area contributed by atoms with Crippen LogP contribution in [0.1, 0.15) is 18.3 Å². The Morgan fingerprint density at radius 2 is 2.10 bits per heavy atom. The fraction of sp³-hybridized carbons (Fsp3) is 0.364. The van der Waals surface area contributed by atoms with Crippen LogP contribution in [0.4, 0.5) is 5.69 Å². The van der Waals surface area contributed by atoms with Gasteiger partial charge in [-0.2, -0.15) is 0 Å². The second kappa shape index (κ2) is 8.63. The van der Waals surface area contributed by atoms with E-state index in [9.17, 15) is 4.79 Å². The SMILES string of the molecule is Cc1cccc(OC(C)C(=O)Nc2ccc3nc(CN4CCOCC4)[nH]c3c2)c1. The number of imidazole rings is 1. The maximum absolute atomic E-state index is 12.5. The Hall–Kier alpha value is -2.90. The number of aromatic amines is 1. The minimum absolute atomic E-state index is 0.195. The molecule has 1 amide bonds. The molecule has 1 aliphatic heterocycles. The molecule has 0 radical (unpaired) electrons. The Balaban J connectivity index is 1.40. The van der Waals surface area contributed by atoms with E-state index in [2.05, 4.69) is 20.2 Å². The summed E-state index contributed by atoms with van der Waals surface area (Å²) < 4.78 is 11.1. The molecule has 0 aliphatic carbocycles. The average molecular weight is 394 g/mol. The van der Waals surface area contributed by atoms with Crippen molar-refractivity contribution in [3.05, 3.63) is 53.9 Å². The van der Waals surface area contributed by atoms with Gasteiger partial charge in [0.2, 0.25) is 0 Å². The van der Waals surface area contributed by atoms with Crippen LogP contribution >= 0.6 is 0 Å². The molecule has 7 heteroatoms. The second-order valence-corrected chi connectivity index (χ2v) is 7.37. The van der Waals surface area contributed by atoms with Crippen molar-refractivity contribution in [2.75, 3.05) is 31.6 Å². The molecule has 2 heterocycles. The summed E-state index contributed by atoms with van der Waals surface area (Å²) >= 11 is 0. The van der Waals surface area contributed by atoms with Crippen LogP contribution in [0, 0.1) is 6.92 Å². The van der Waals surface area contributed by atoms with Crippen LogP contribution in [-0.4, -0.2) is 53.2 Å². The molecule has 1 saturated heterocycles. The van der Waals surface area contributed by atoms with Crippen LogP contribution in [-0.2, 0) is 16.1 Å². The van der Waals surface area contributed by atoms with Crippen molar-refractivity contribution < 1.29 is 14.3 Å². The van der Waals surface area contributed by atoms with E-state index in [1.165, 1.54) is 0 Å². The first-order valence-corrected chi connectivity index (χ1v) is 9.90. The summed E-state index contributed by atoms with van der Waals surface area (Å²) in [4.78, 5) is 22.8. The Bertz CT molecular complexity index is 995. The van der Waals surface area contributed by atoms with Crippen LogP contribution in [0.15, 0.2) is 42.5 Å². The Morgan fingerprint density at radius 1 is 1.28 bits per heavy atom. The summed E-state index contributed by atoms with van der Waals surface area (Å²) in [5.41, 5.74) is 3.59. The molecule has 1 aromatic heterocycles. The van der Waals surface area contributed by atoms with E-state index in [0.717, 1.165) is 55.3 Å². The van der Waals surface area contributed by atoms with Crippen molar-refractivity contribution in [1.29, 1.82) is 0 Å². The molecule has 0 spiro atoms. The van der Waals surface area contributed by atoms with E-state index in [1.807, 2.05) is 49.4 Å². The monoisotopic (exact) mass is 394 g/mol. The molecule has 0 saturated carbocycles. The van der Waals surface area contributed by atoms with Crippen molar-refractivity contribution in [2.45, 2.75) is 26.5 Å². The lowest BCUT2D eigenvalue weighted by atomic mass is 10.2. The van der Waals surface area contributed by atoms with Crippen LogP contribution in [0.25, 0.3) is 11.0 Å². The fourth-order valence-electron chi connectivity index (χ4n) is 3.38. The smallest absolute Gasteiger partial charge is 0.265 e. The van der Waals surface area contributed by atoms with Gasteiger partial charge in [-0.3, -0.25) is 9.69 Å². The third-order valence-corrected chi connectivity index (χ3v) is 4.95. The number of nitrogens with one attached hydrogen (secondary N) is 2. The molecule has 7 nitrogen and oxygen atoms in total. The lowest BCUT2D eigenvalue weighted by molar-refractivity contribution is -0.122. The highest BCUT2D eigenvalue weighted by atomic mass is 16.5. The number of carbonyl (C=O) groups is 1. The zero-order valence-electron chi connectivity index (χ0n) is 16.8. The van der Waals surface area contributed by atoms with E-state index >= 15 is 0 Å². The number of hydrogen-bond donors (Lipinski definition) is 2. The number of ether oxygens (including phenoxy) is 2. The van der Waals surface area contributed by atoms with Gasteiger partial charge in [-0.25, -0.2) is 4.98 Å². The van der Waals surface area contributed by atoms with Gasteiger partial charge in [0, 0.05) is 18.8 Å². The molecular weight excluding hydrogens is 368 g/mol. The van der Waals surface area contributed by atoms with Crippen molar-refractivity contribution in [2.24, 2.45) is 0 Å². The predicted octanol–water partition coefficient (Wildman–Crippen LogP) is 3.11. The third kappa shape index (κ3) is 4.93. The molecule has 1 unspecified atom stereocenters. The predicted molar refractivity (Wildman–Crippen MR) is 112 cm³/mol. The highest BCUT2D eigenvalue weighted by Gasteiger charge is 2.16. The first-order valence-electron chi connectivity index (χ1n) is 9.90. The maximum Gasteiger partial charge on any atom is 0.265 e. The zero-order chi connectivity index (χ0) is 20.2. The first-order chi connectivity index (χ1) is 14.1. The van der Waals surface area contributed by atoms with Gasteiger partial charge < -0.3 is 19.8 Å². The number of aromatic nitrogens is 2. The number of benzene rings is 2. The van der Waals surface area contributed by atoms with Gasteiger partial charge >= 0.3 is 0 Å². The largest absolute Gasteiger partial charge is 0.481 e. The quantitative estimate of drug-likeness (QED) is 0.672. The van der Waals surface area contributed by atoms with Crippen LogP contribution in [0.5, 0.6) is 5.75 Å². The molecule has 0 bridgehead atoms. The number of aryl methyl sites for hydroxylation is 1. The van der Waals surface area contributed by atoms with Gasteiger partial charge in [0.05, 0.1) is 30.8 Å². The van der Waals surface area contributed by atoms with Crippen molar-refractivity contribution >= 4 is 22.6 Å². The fourth-order valence-corrected chi connectivity index (χ4v) is 3.38. The summed E-state index contributed by atoms with van der Waals surface area (Å²) in [6, 6.07) is 13.3. The number of hydrogen-bond acceptors (Lipinski definition) is 5. The Kier molecular flexibility index (Phi) is 5.78. The number of rotatable bonds is 6. The summed E-state index contributed by atoms with van der Waals surface area (Å²) in [6.45, 7) is 7.85. The number of amides is 1. The normalized spacial score (nSPS) is 15.9. The number of fused-ring (bicyclic) bond motifs is 1. The summed E-state index contributed by atoms with van der Waals surface area (Å²) in [7, 11) is 0. The van der Waals surface area contributed by atoms with Gasteiger partial charge in [0.15, 0.2) is 6.10 Å². The topological polar surface area (TPSA) is 79.5 Å². The van der Waals surface area contributed by atoms with Gasteiger partial charge in [-0.1, -0.05) is 12.1 Å². The van der Waals surface area contributed by atoms with Crippen molar-refractivity contribution in [3.63, 3.8) is 0 Å². The molecule has 1 fully saturated rings. The van der Waals surface area contributed by atoms with Crippen LogP contribution in [0.3, 0.4) is 0 Å². The number of H-pyrrole nitrogens is 1. The highest BCUT2D eigenvalue weighted by molar-refractivity contribution is 5.95. The van der Waals surface area contributed by atoms with Gasteiger partial charge in [-0.05, 0) is 49.7 Å². The number of nitrogens with zero attached hydrogens (tertiary/aromatic N) is 2. The minimum Gasteiger partial charge on any atom is -0.481 e. The molecule has 3 aromatic rings. The molecule has 2 aromatic carbocycles. The van der Waals surface area contributed by atoms with E-state index in [4.69, 9.17) is 9.47 Å². The highest BCUT2D eigenvalue weighted by Crippen LogP contribution is 2.19. The number of anilines is 1. The third-order valence-electron chi connectivity index (χ3n) is 4.95.